The van der Waals surface area contributed by atoms with E-state index >= 15 is 0 Å². The zero-order chi connectivity index (χ0) is 20.4. The van der Waals surface area contributed by atoms with Gasteiger partial charge in [0.25, 0.3) is 5.69 Å². The lowest BCUT2D eigenvalue weighted by atomic mass is 10.1. The number of hydrogen-bond donors (Lipinski definition) is 2. The van der Waals surface area contributed by atoms with Crippen LogP contribution in [0.15, 0.2) is 42.9 Å². The van der Waals surface area contributed by atoms with Crippen molar-refractivity contribution in [2.24, 2.45) is 7.05 Å². The molecule has 148 valence electrons. The molecule has 0 fully saturated rings. The van der Waals surface area contributed by atoms with Crippen molar-refractivity contribution in [1.82, 2.24) is 19.7 Å². The third-order valence-electron chi connectivity index (χ3n) is 4.21. The van der Waals surface area contributed by atoms with Gasteiger partial charge in [-0.1, -0.05) is 6.08 Å². The standard InChI is InChI=1S/C18H16FN7O3/c1-25-9-12(7-21-25)22-18-20-8-14(11-4-5-29-10-11)17(24-18)23-16-6-13(26(27)28)2-3-15(16)19/h2-4,6-9H,5,10H2,1H3,(H2,20,22,23,24). The molecule has 4 rings (SSSR count). The first kappa shape index (κ1) is 18.5. The molecule has 0 atom stereocenters. The summed E-state index contributed by atoms with van der Waals surface area (Å²) < 4.78 is 21.3. The molecule has 1 aliphatic heterocycles. The Bertz CT molecular complexity index is 1110. The van der Waals surface area contributed by atoms with Gasteiger partial charge in [0.05, 0.1) is 35.7 Å². The first-order valence-corrected chi connectivity index (χ1v) is 8.60. The zero-order valence-corrected chi connectivity index (χ0v) is 15.3. The number of nitrogens with one attached hydrogen (secondary N) is 2. The SMILES string of the molecule is Cn1cc(Nc2ncc(C3=CCOC3)c(Nc3cc([N+](=O)[O-])ccc3F)n2)cn1. The Balaban J connectivity index is 1.71. The molecular weight excluding hydrogens is 381 g/mol. The van der Waals surface area contributed by atoms with Crippen LogP contribution in [0, 0.1) is 15.9 Å². The molecule has 0 saturated heterocycles. The largest absolute Gasteiger partial charge is 0.373 e. The van der Waals surface area contributed by atoms with E-state index in [0.29, 0.717) is 30.3 Å². The predicted octanol–water partition coefficient (Wildman–Crippen LogP) is 3.16. The van der Waals surface area contributed by atoms with Gasteiger partial charge in [-0.25, -0.2) is 9.37 Å². The molecule has 2 aromatic heterocycles. The number of nitro groups is 1. The van der Waals surface area contributed by atoms with Crippen LogP contribution in [-0.4, -0.2) is 37.9 Å². The van der Waals surface area contributed by atoms with E-state index in [2.05, 4.69) is 25.7 Å². The maximum Gasteiger partial charge on any atom is 0.271 e. The van der Waals surface area contributed by atoms with Gasteiger partial charge in [0, 0.05) is 37.1 Å². The van der Waals surface area contributed by atoms with E-state index < -0.39 is 10.7 Å². The first-order chi connectivity index (χ1) is 14.0. The summed E-state index contributed by atoms with van der Waals surface area (Å²) in [4.78, 5) is 19.2. The highest BCUT2D eigenvalue weighted by Gasteiger charge is 2.18. The van der Waals surface area contributed by atoms with Crippen LogP contribution in [0.4, 0.5) is 33.2 Å². The van der Waals surface area contributed by atoms with Crippen LogP contribution in [0.5, 0.6) is 0 Å². The van der Waals surface area contributed by atoms with E-state index in [0.717, 1.165) is 23.8 Å². The second kappa shape index (κ2) is 7.64. The average Bonchev–Trinajstić information content (AvgIpc) is 3.36. The minimum Gasteiger partial charge on any atom is -0.373 e. The molecule has 0 spiro atoms. The van der Waals surface area contributed by atoms with Gasteiger partial charge in [0.15, 0.2) is 0 Å². The number of nitro benzene ring substituents is 1. The minimum absolute atomic E-state index is 0.0639. The van der Waals surface area contributed by atoms with Crippen molar-refractivity contribution in [3.63, 3.8) is 0 Å². The number of aromatic nitrogens is 4. The second-order valence-corrected chi connectivity index (χ2v) is 6.27. The monoisotopic (exact) mass is 397 g/mol. The fourth-order valence-corrected chi connectivity index (χ4v) is 2.81. The third-order valence-corrected chi connectivity index (χ3v) is 4.21. The molecule has 0 radical (unpaired) electrons. The van der Waals surface area contributed by atoms with Gasteiger partial charge in [-0.2, -0.15) is 10.1 Å². The molecule has 2 N–H and O–H groups in total. The molecule has 29 heavy (non-hydrogen) atoms. The Morgan fingerprint density at radius 2 is 2.17 bits per heavy atom. The van der Waals surface area contributed by atoms with Gasteiger partial charge in [0.1, 0.15) is 11.6 Å². The normalized spacial score (nSPS) is 13.2. The lowest BCUT2D eigenvalue weighted by molar-refractivity contribution is -0.384. The highest BCUT2D eigenvalue weighted by molar-refractivity contribution is 5.79. The number of benzene rings is 1. The molecule has 1 aromatic carbocycles. The number of nitrogens with zero attached hydrogens (tertiary/aromatic N) is 5. The maximum absolute atomic E-state index is 14.3. The molecule has 3 heterocycles. The third kappa shape index (κ3) is 4.04. The first-order valence-electron chi connectivity index (χ1n) is 8.60. The topological polar surface area (TPSA) is 120 Å². The zero-order valence-electron chi connectivity index (χ0n) is 15.3. The summed E-state index contributed by atoms with van der Waals surface area (Å²) in [6.07, 6.45) is 6.82. The summed E-state index contributed by atoms with van der Waals surface area (Å²) >= 11 is 0. The van der Waals surface area contributed by atoms with Crippen molar-refractivity contribution in [2.45, 2.75) is 0 Å². The van der Waals surface area contributed by atoms with Crippen LogP contribution in [0.25, 0.3) is 5.57 Å². The number of anilines is 4. The summed E-state index contributed by atoms with van der Waals surface area (Å²) in [6.45, 7) is 0.820. The Hall–Kier alpha value is -3.86. The Kier molecular flexibility index (Phi) is 4.87. The molecular formula is C18H16FN7O3. The van der Waals surface area contributed by atoms with Crippen molar-refractivity contribution in [2.75, 3.05) is 23.8 Å². The van der Waals surface area contributed by atoms with Gasteiger partial charge in [-0.05, 0) is 11.6 Å². The number of hydrogen-bond acceptors (Lipinski definition) is 8. The molecule has 10 nitrogen and oxygen atoms in total. The van der Waals surface area contributed by atoms with Crippen LogP contribution in [0.3, 0.4) is 0 Å². The number of rotatable bonds is 6. The molecule has 0 saturated carbocycles. The fraction of sp³-hybridized carbons (Fsp3) is 0.167. The van der Waals surface area contributed by atoms with Crippen molar-refractivity contribution in [3.8, 4) is 0 Å². The second-order valence-electron chi connectivity index (χ2n) is 6.27. The van der Waals surface area contributed by atoms with E-state index in [1.807, 2.05) is 6.08 Å². The van der Waals surface area contributed by atoms with E-state index in [9.17, 15) is 14.5 Å². The molecule has 0 unspecified atom stereocenters. The van der Waals surface area contributed by atoms with Gasteiger partial charge >= 0.3 is 0 Å². The van der Waals surface area contributed by atoms with E-state index in [1.54, 1.807) is 30.3 Å². The smallest absolute Gasteiger partial charge is 0.271 e. The fourth-order valence-electron chi connectivity index (χ4n) is 2.81. The molecule has 11 heteroatoms. The number of non-ortho nitro benzene ring substituents is 1. The minimum atomic E-state index is -0.640. The molecule has 0 amide bonds. The maximum atomic E-state index is 14.3. The van der Waals surface area contributed by atoms with Gasteiger partial charge < -0.3 is 15.4 Å². The highest BCUT2D eigenvalue weighted by Crippen LogP contribution is 2.31. The van der Waals surface area contributed by atoms with Crippen molar-refractivity contribution < 1.29 is 14.1 Å². The van der Waals surface area contributed by atoms with E-state index in [4.69, 9.17) is 4.74 Å². The van der Waals surface area contributed by atoms with Crippen LogP contribution in [0.1, 0.15) is 5.56 Å². The molecule has 1 aliphatic rings. The van der Waals surface area contributed by atoms with Crippen molar-refractivity contribution >= 4 is 34.4 Å². The van der Waals surface area contributed by atoms with Crippen molar-refractivity contribution in [1.29, 1.82) is 0 Å². The molecule has 0 bridgehead atoms. The quantitative estimate of drug-likeness (QED) is 0.481. The lowest BCUT2D eigenvalue weighted by Gasteiger charge is -2.13. The van der Waals surface area contributed by atoms with Crippen LogP contribution < -0.4 is 10.6 Å². The van der Waals surface area contributed by atoms with Crippen LogP contribution in [-0.2, 0) is 11.8 Å². The number of ether oxygens (including phenoxy) is 1. The summed E-state index contributed by atoms with van der Waals surface area (Å²) in [6, 6.07) is 3.26. The van der Waals surface area contributed by atoms with Crippen molar-refractivity contribution in [3.05, 3.63) is 64.4 Å². The Morgan fingerprint density at radius 1 is 1.31 bits per heavy atom. The highest BCUT2D eigenvalue weighted by atomic mass is 19.1. The summed E-state index contributed by atoms with van der Waals surface area (Å²) in [7, 11) is 1.78. The van der Waals surface area contributed by atoms with Gasteiger partial charge in [0.2, 0.25) is 5.95 Å². The Labute approximate surface area is 164 Å². The van der Waals surface area contributed by atoms with Crippen LogP contribution in [0.2, 0.25) is 0 Å². The lowest BCUT2D eigenvalue weighted by Crippen LogP contribution is -2.06. The summed E-state index contributed by atoms with van der Waals surface area (Å²) in [5.41, 5.74) is 1.83. The Morgan fingerprint density at radius 3 is 2.86 bits per heavy atom. The predicted molar refractivity (Wildman–Crippen MR) is 104 cm³/mol. The summed E-state index contributed by atoms with van der Waals surface area (Å²) in [5.74, 6) is -0.0873. The van der Waals surface area contributed by atoms with Crippen LogP contribution >= 0.6 is 0 Å². The number of halogens is 1. The van der Waals surface area contributed by atoms with Gasteiger partial charge in [-0.15, -0.1) is 0 Å². The average molecular weight is 397 g/mol. The molecule has 0 aliphatic carbocycles. The molecule has 3 aromatic rings. The number of aryl methyl sites for hydroxylation is 1. The van der Waals surface area contributed by atoms with E-state index in [1.165, 1.54) is 0 Å². The van der Waals surface area contributed by atoms with E-state index in [-0.39, 0.29) is 17.3 Å². The van der Waals surface area contributed by atoms with Gasteiger partial charge in [-0.3, -0.25) is 14.8 Å². The summed E-state index contributed by atoms with van der Waals surface area (Å²) in [5, 5.41) is 21.0.